The fourth-order valence-electron chi connectivity index (χ4n) is 4.76. The molecule has 0 spiro atoms. The maximum absolute atomic E-state index is 14.0. The summed E-state index contributed by atoms with van der Waals surface area (Å²) in [6.07, 6.45) is -0.523. The quantitative estimate of drug-likeness (QED) is 0.267. The molecule has 5 aromatic rings. The summed E-state index contributed by atoms with van der Waals surface area (Å²) in [4.78, 5) is 23.5. The van der Waals surface area contributed by atoms with Gasteiger partial charge >= 0.3 is 0 Å². The number of carbonyl (C=O) groups is 1. The lowest BCUT2D eigenvalue weighted by Crippen LogP contribution is -2.27. The van der Waals surface area contributed by atoms with Gasteiger partial charge in [-0.05, 0) is 29.3 Å². The van der Waals surface area contributed by atoms with E-state index in [1.807, 2.05) is 109 Å². The highest BCUT2D eigenvalue weighted by atomic mass is 35.5. The zero-order valence-corrected chi connectivity index (χ0v) is 19.4. The average molecular weight is 477 g/mol. The molecule has 35 heavy (non-hydrogen) atoms. The Morgan fingerprint density at radius 1 is 0.800 bits per heavy atom. The SMILES string of the molecule is O=C(c1ccccc1)C1C(c2c(-c3ccc(Cl)cc3)[nH]c3ccccc23)=NOC1c1ccccc1. The number of benzene rings is 4. The molecule has 1 aliphatic rings. The molecule has 0 bridgehead atoms. The minimum absolute atomic E-state index is 0.0250. The second-order valence-electron chi connectivity index (χ2n) is 8.55. The van der Waals surface area contributed by atoms with Crippen molar-refractivity contribution in [2.45, 2.75) is 6.10 Å². The first kappa shape index (κ1) is 21.4. The van der Waals surface area contributed by atoms with Crippen LogP contribution in [0, 0.1) is 5.92 Å². The van der Waals surface area contributed by atoms with Crippen molar-refractivity contribution in [2.24, 2.45) is 11.1 Å². The number of hydrogen-bond donors (Lipinski definition) is 1. The molecule has 2 unspecified atom stereocenters. The highest BCUT2D eigenvalue weighted by molar-refractivity contribution is 6.30. The predicted molar refractivity (Wildman–Crippen MR) is 140 cm³/mol. The molecule has 1 N–H and O–H groups in total. The van der Waals surface area contributed by atoms with Gasteiger partial charge in [-0.2, -0.15) is 0 Å². The Morgan fingerprint density at radius 3 is 2.20 bits per heavy atom. The summed E-state index contributed by atoms with van der Waals surface area (Å²) in [7, 11) is 0. The highest BCUT2D eigenvalue weighted by Gasteiger charge is 2.43. The Bertz CT molecular complexity index is 1540. The maximum Gasteiger partial charge on any atom is 0.176 e. The molecule has 0 amide bonds. The van der Waals surface area contributed by atoms with E-state index in [1.54, 1.807) is 0 Å². The second kappa shape index (κ2) is 8.90. The minimum Gasteiger partial charge on any atom is -0.386 e. The summed E-state index contributed by atoms with van der Waals surface area (Å²) < 4.78 is 0. The van der Waals surface area contributed by atoms with Crippen molar-refractivity contribution in [1.82, 2.24) is 4.98 Å². The first-order valence-corrected chi connectivity index (χ1v) is 11.8. The monoisotopic (exact) mass is 476 g/mol. The average Bonchev–Trinajstić information content (AvgIpc) is 3.51. The van der Waals surface area contributed by atoms with Crippen LogP contribution in [0.5, 0.6) is 0 Å². The molecule has 0 saturated heterocycles. The van der Waals surface area contributed by atoms with Crippen LogP contribution in [0.3, 0.4) is 0 Å². The fourth-order valence-corrected chi connectivity index (χ4v) is 4.88. The van der Waals surface area contributed by atoms with Gasteiger partial charge < -0.3 is 9.82 Å². The summed E-state index contributed by atoms with van der Waals surface area (Å²) in [5.41, 5.74) is 5.83. The number of hydrogen-bond acceptors (Lipinski definition) is 3. The van der Waals surface area contributed by atoms with Crippen LogP contribution in [0.25, 0.3) is 22.2 Å². The van der Waals surface area contributed by atoms with E-state index >= 15 is 0 Å². The van der Waals surface area contributed by atoms with Gasteiger partial charge in [0.15, 0.2) is 11.9 Å². The van der Waals surface area contributed by atoms with E-state index in [0.717, 1.165) is 33.3 Å². The van der Waals surface area contributed by atoms with Crippen molar-refractivity contribution in [3.8, 4) is 11.3 Å². The lowest BCUT2D eigenvalue weighted by atomic mass is 9.82. The van der Waals surface area contributed by atoms with E-state index in [1.165, 1.54) is 0 Å². The van der Waals surface area contributed by atoms with Gasteiger partial charge in [-0.25, -0.2) is 0 Å². The molecule has 2 heterocycles. The number of rotatable bonds is 5. The summed E-state index contributed by atoms with van der Waals surface area (Å²) in [6, 6.07) is 34.9. The van der Waals surface area contributed by atoms with Crippen molar-refractivity contribution in [3.63, 3.8) is 0 Å². The van der Waals surface area contributed by atoms with Crippen molar-refractivity contribution in [1.29, 1.82) is 0 Å². The van der Waals surface area contributed by atoms with Crippen LogP contribution in [0.1, 0.15) is 27.6 Å². The van der Waals surface area contributed by atoms with Crippen LogP contribution in [0.4, 0.5) is 0 Å². The number of aromatic amines is 1. The van der Waals surface area contributed by atoms with E-state index < -0.39 is 12.0 Å². The molecule has 0 aliphatic carbocycles. The third-order valence-electron chi connectivity index (χ3n) is 6.43. The molecule has 0 radical (unpaired) electrons. The van der Waals surface area contributed by atoms with Crippen LogP contribution >= 0.6 is 11.6 Å². The lowest BCUT2D eigenvalue weighted by molar-refractivity contribution is 0.0533. The number of H-pyrrole nitrogens is 1. The Labute approximate surface area is 207 Å². The Kier molecular flexibility index (Phi) is 5.44. The largest absolute Gasteiger partial charge is 0.386 e. The van der Waals surface area contributed by atoms with Gasteiger partial charge in [-0.1, -0.05) is 108 Å². The molecule has 0 fully saturated rings. The van der Waals surface area contributed by atoms with Crippen LogP contribution in [0.2, 0.25) is 5.02 Å². The number of Topliss-reactive ketones (excluding diaryl/α,β-unsaturated/α-hetero) is 1. The lowest BCUT2D eigenvalue weighted by Gasteiger charge is -2.19. The van der Waals surface area contributed by atoms with Gasteiger partial charge in [-0.3, -0.25) is 4.79 Å². The first-order valence-electron chi connectivity index (χ1n) is 11.5. The van der Waals surface area contributed by atoms with Crippen molar-refractivity contribution in [2.75, 3.05) is 0 Å². The first-order chi connectivity index (χ1) is 17.2. The molecule has 6 rings (SSSR count). The number of carbonyl (C=O) groups excluding carboxylic acids is 1. The number of ketones is 1. The molecule has 1 aromatic heterocycles. The van der Waals surface area contributed by atoms with Crippen LogP contribution in [-0.2, 0) is 4.84 Å². The summed E-state index contributed by atoms with van der Waals surface area (Å²) in [5.74, 6) is -0.631. The van der Waals surface area contributed by atoms with E-state index in [9.17, 15) is 4.79 Å². The number of nitrogens with zero attached hydrogens (tertiary/aromatic N) is 1. The highest BCUT2D eigenvalue weighted by Crippen LogP contribution is 2.41. The summed E-state index contributed by atoms with van der Waals surface area (Å²) in [6.45, 7) is 0. The zero-order chi connectivity index (χ0) is 23.8. The molecule has 0 saturated carbocycles. The van der Waals surface area contributed by atoms with E-state index in [0.29, 0.717) is 16.3 Å². The van der Waals surface area contributed by atoms with Crippen molar-refractivity contribution in [3.05, 3.63) is 131 Å². The van der Waals surface area contributed by atoms with Gasteiger partial charge in [0.2, 0.25) is 0 Å². The molecule has 5 heteroatoms. The Hall–Kier alpha value is -4.15. The molecular weight excluding hydrogens is 456 g/mol. The fraction of sp³-hybridized carbons (Fsp3) is 0.0667. The number of aromatic nitrogens is 1. The van der Waals surface area contributed by atoms with Crippen LogP contribution in [0.15, 0.2) is 114 Å². The molecule has 2 atom stereocenters. The second-order valence-corrected chi connectivity index (χ2v) is 8.99. The van der Waals surface area contributed by atoms with Gasteiger partial charge in [0, 0.05) is 27.1 Å². The minimum atomic E-state index is -0.606. The van der Waals surface area contributed by atoms with Gasteiger partial charge in [0.25, 0.3) is 0 Å². The molecule has 1 aliphatic heterocycles. The van der Waals surface area contributed by atoms with E-state index in [4.69, 9.17) is 16.4 Å². The van der Waals surface area contributed by atoms with Crippen LogP contribution < -0.4 is 0 Å². The number of para-hydroxylation sites is 1. The molecule has 170 valence electrons. The smallest absolute Gasteiger partial charge is 0.176 e. The predicted octanol–water partition coefficient (Wildman–Crippen LogP) is 7.46. The third-order valence-corrected chi connectivity index (χ3v) is 6.68. The normalized spacial score (nSPS) is 17.2. The van der Waals surface area contributed by atoms with E-state index in [2.05, 4.69) is 10.1 Å². The summed E-state index contributed by atoms with van der Waals surface area (Å²) >= 11 is 6.17. The summed E-state index contributed by atoms with van der Waals surface area (Å²) in [5, 5.41) is 6.21. The Balaban J connectivity index is 1.55. The number of fused-ring (bicyclic) bond motifs is 1. The van der Waals surface area contributed by atoms with Gasteiger partial charge in [0.05, 0.1) is 5.69 Å². The maximum atomic E-state index is 14.0. The Morgan fingerprint density at radius 2 is 1.46 bits per heavy atom. The number of halogens is 1. The van der Waals surface area contributed by atoms with Crippen molar-refractivity contribution >= 4 is 34.0 Å². The molecule has 4 aromatic carbocycles. The number of oxime groups is 1. The zero-order valence-electron chi connectivity index (χ0n) is 18.7. The van der Waals surface area contributed by atoms with Crippen LogP contribution in [-0.4, -0.2) is 16.5 Å². The van der Waals surface area contributed by atoms with Crippen molar-refractivity contribution < 1.29 is 9.63 Å². The third kappa shape index (κ3) is 3.82. The molecule has 4 nitrogen and oxygen atoms in total. The topological polar surface area (TPSA) is 54.5 Å². The molecular formula is C30H21ClN2O2. The standard InChI is InChI=1S/C30H21ClN2O2/c31-22-17-15-19(16-18-22)27-25(23-13-7-8-14-24(23)32-27)28-26(29(34)20-9-3-1-4-10-20)30(35-33-28)21-11-5-2-6-12-21/h1-18,26,30,32H. The van der Waals surface area contributed by atoms with Gasteiger partial charge in [-0.15, -0.1) is 0 Å². The number of nitrogens with one attached hydrogen (secondary N) is 1. The van der Waals surface area contributed by atoms with Gasteiger partial charge in [0.1, 0.15) is 11.6 Å². The van der Waals surface area contributed by atoms with E-state index in [-0.39, 0.29) is 5.78 Å².